The van der Waals surface area contributed by atoms with Crippen LogP contribution in [0.1, 0.15) is 33.9 Å². The number of thiazole rings is 1. The van der Waals surface area contributed by atoms with Gasteiger partial charge in [0.25, 0.3) is 5.91 Å². The van der Waals surface area contributed by atoms with Gasteiger partial charge < -0.3 is 10.6 Å². The molecule has 7 nitrogen and oxygen atoms in total. The third-order valence-electron chi connectivity index (χ3n) is 4.31. The van der Waals surface area contributed by atoms with Crippen LogP contribution >= 0.6 is 11.3 Å². The van der Waals surface area contributed by atoms with Crippen LogP contribution in [0.5, 0.6) is 0 Å². The average Bonchev–Trinajstić information content (AvgIpc) is 3.35. The Kier molecular flexibility index (Phi) is 5.12. The molecule has 154 valence electrons. The van der Waals surface area contributed by atoms with Crippen molar-refractivity contribution in [3.63, 3.8) is 0 Å². The van der Waals surface area contributed by atoms with Gasteiger partial charge in [-0.05, 0) is 31.2 Å². The zero-order valence-electron chi connectivity index (χ0n) is 15.5. The van der Waals surface area contributed by atoms with Gasteiger partial charge in [-0.15, -0.1) is 0 Å². The number of anilines is 2. The fourth-order valence-corrected chi connectivity index (χ4v) is 3.60. The first-order valence-electron chi connectivity index (χ1n) is 8.79. The highest BCUT2D eigenvalue weighted by Gasteiger charge is 2.30. The minimum Gasteiger partial charge on any atom is -0.343 e. The van der Waals surface area contributed by atoms with E-state index in [1.165, 1.54) is 29.7 Å². The van der Waals surface area contributed by atoms with Crippen molar-refractivity contribution in [1.29, 1.82) is 0 Å². The molecule has 3 aromatic heterocycles. The maximum Gasteiger partial charge on any atom is 0.416 e. The number of alkyl halides is 3. The van der Waals surface area contributed by atoms with Gasteiger partial charge in [0.2, 0.25) is 0 Å². The third-order valence-corrected chi connectivity index (χ3v) is 5.41. The van der Waals surface area contributed by atoms with Crippen LogP contribution in [0.3, 0.4) is 0 Å². The van der Waals surface area contributed by atoms with Gasteiger partial charge in [0.05, 0.1) is 24.0 Å². The molecule has 1 amide bonds. The second-order valence-corrected chi connectivity index (χ2v) is 7.47. The van der Waals surface area contributed by atoms with Crippen LogP contribution in [0.15, 0.2) is 55.2 Å². The smallest absolute Gasteiger partial charge is 0.343 e. The highest BCUT2D eigenvalue weighted by Crippen LogP contribution is 2.31. The molecule has 4 rings (SSSR count). The number of amides is 1. The van der Waals surface area contributed by atoms with Crippen molar-refractivity contribution in [1.82, 2.24) is 24.7 Å². The van der Waals surface area contributed by atoms with Crippen LogP contribution in [0, 0.1) is 0 Å². The quantitative estimate of drug-likeness (QED) is 0.487. The van der Waals surface area contributed by atoms with Gasteiger partial charge in [-0.2, -0.15) is 13.2 Å². The van der Waals surface area contributed by atoms with E-state index in [9.17, 15) is 18.0 Å². The summed E-state index contributed by atoms with van der Waals surface area (Å²) in [6.45, 7) is 1.82. The second kappa shape index (κ2) is 7.75. The van der Waals surface area contributed by atoms with Gasteiger partial charge in [-0.25, -0.2) is 9.97 Å². The number of benzene rings is 1. The minimum atomic E-state index is -4.38. The standard InChI is InChI=1S/C19H15F3N6OS/c1-11(26-17(29)14-8-24-16-10-23-6-7-28(14)16)15-9-25-18(30-15)27-13-4-2-12(3-5-13)19(20,21)22/h2-11H,1H3,(H,25,27)(H,26,29). The number of nitrogens with one attached hydrogen (secondary N) is 2. The van der Waals surface area contributed by atoms with Gasteiger partial charge in [-0.1, -0.05) is 11.3 Å². The number of hydrogen-bond donors (Lipinski definition) is 2. The summed E-state index contributed by atoms with van der Waals surface area (Å²) >= 11 is 1.30. The summed E-state index contributed by atoms with van der Waals surface area (Å²) in [6.07, 6.45) is 3.49. The van der Waals surface area contributed by atoms with E-state index < -0.39 is 11.7 Å². The van der Waals surface area contributed by atoms with Crippen LogP contribution in [-0.2, 0) is 6.18 Å². The molecular formula is C19H15F3N6OS. The highest BCUT2D eigenvalue weighted by molar-refractivity contribution is 7.15. The van der Waals surface area contributed by atoms with E-state index in [0.29, 0.717) is 22.2 Å². The maximum absolute atomic E-state index is 12.7. The van der Waals surface area contributed by atoms with E-state index in [1.54, 1.807) is 29.2 Å². The normalized spacial score (nSPS) is 12.7. The number of fused-ring (bicyclic) bond motifs is 1. The largest absolute Gasteiger partial charge is 0.416 e. The molecule has 0 saturated heterocycles. The Morgan fingerprint density at radius 2 is 1.90 bits per heavy atom. The lowest BCUT2D eigenvalue weighted by Crippen LogP contribution is -2.27. The van der Waals surface area contributed by atoms with Gasteiger partial charge >= 0.3 is 6.18 Å². The first-order valence-corrected chi connectivity index (χ1v) is 9.61. The monoisotopic (exact) mass is 432 g/mol. The summed E-state index contributed by atoms with van der Waals surface area (Å²) in [6, 6.07) is 4.37. The van der Waals surface area contributed by atoms with E-state index in [-0.39, 0.29) is 11.9 Å². The van der Waals surface area contributed by atoms with Crippen LogP contribution in [0.25, 0.3) is 5.65 Å². The van der Waals surface area contributed by atoms with E-state index in [1.807, 2.05) is 6.92 Å². The molecule has 3 heterocycles. The van der Waals surface area contributed by atoms with Crippen molar-refractivity contribution >= 4 is 33.7 Å². The lowest BCUT2D eigenvalue weighted by atomic mass is 10.2. The van der Waals surface area contributed by atoms with Crippen LogP contribution in [0.2, 0.25) is 0 Å². The molecule has 1 atom stereocenters. The Balaban J connectivity index is 1.42. The molecule has 4 aromatic rings. The first-order chi connectivity index (χ1) is 14.3. The summed E-state index contributed by atoms with van der Waals surface area (Å²) in [7, 11) is 0. The number of halogens is 3. The summed E-state index contributed by atoms with van der Waals surface area (Å²) in [4.78, 5) is 25.7. The molecule has 0 aliphatic rings. The minimum absolute atomic E-state index is 0.299. The number of rotatable bonds is 5. The molecule has 1 unspecified atom stereocenters. The molecule has 0 saturated carbocycles. The fraction of sp³-hybridized carbons (Fsp3) is 0.158. The molecular weight excluding hydrogens is 417 g/mol. The number of carbonyl (C=O) groups excluding carboxylic acids is 1. The van der Waals surface area contributed by atoms with Crippen molar-refractivity contribution in [3.8, 4) is 0 Å². The summed E-state index contributed by atoms with van der Waals surface area (Å²) in [5.74, 6) is -0.299. The van der Waals surface area contributed by atoms with Crippen molar-refractivity contribution in [2.24, 2.45) is 0 Å². The fourth-order valence-electron chi connectivity index (χ4n) is 2.76. The summed E-state index contributed by atoms with van der Waals surface area (Å²) in [5, 5.41) is 6.36. The van der Waals surface area contributed by atoms with Crippen molar-refractivity contribution in [3.05, 3.63) is 71.4 Å². The predicted molar refractivity (Wildman–Crippen MR) is 106 cm³/mol. The Morgan fingerprint density at radius 3 is 2.63 bits per heavy atom. The SMILES string of the molecule is CC(NC(=O)c1cnc2cnccn12)c1cnc(Nc2ccc(C(F)(F)F)cc2)s1. The molecule has 11 heteroatoms. The second-order valence-electron chi connectivity index (χ2n) is 6.41. The first kappa shape index (κ1) is 19.8. The van der Waals surface area contributed by atoms with Gasteiger partial charge in [0.15, 0.2) is 10.8 Å². The predicted octanol–water partition coefficient (Wildman–Crippen LogP) is 4.44. The number of nitrogens with zero attached hydrogens (tertiary/aromatic N) is 4. The van der Waals surface area contributed by atoms with E-state index in [4.69, 9.17) is 0 Å². The lowest BCUT2D eigenvalue weighted by Gasteiger charge is -2.11. The Bertz CT molecular complexity index is 1180. The number of hydrogen-bond acceptors (Lipinski definition) is 6. The molecule has 0 aliphatic carbocycles. The van der Waals surface area contributed by atoms with Crippen LogP contribution in [-0.4, -0.2) is 25.3 Å². The van der Waals surface area contributed by atoms with Gasteiger partial charge in [-0.3, -0.25) is 14.2 Å². The van der Waals surface area contributed by atoms with Crippen molar-refractivity contribution in [2.45, 2.75) is 19.1 Å². The Hall–Kier alpha value is -3.47. The van der Waals surface area contributed by atoms with Gasteiger partial charge in [0, 0.05) is 29.2 Å². The van der Waals surface area contributed by atoms with Crippen molar-refractivity contribution < 1.29 is 18.0 Å². The number of imidazole rings is 1. The van der Waals surface area contributed by atoms with Crippen LogP contribution < -0.4 is 10.6 Å². The van der Waals surface area contributed by atoms with E-state index in [2.05, 4.69) is 25.6 Å². The Morgan fingerprint density at radius 1 is 1.13 bits per heavy atom. The lowest BCUT2D eigenvalue weighted by molar-refractivity contribution is -0.137. The third kappa shape index (κ3) is 4.10. The molecule has 0 aliphatic heterocycles. The molecule has 0 spiro atoms. The zero-order valence-corrected chi connectivity index (χ0v) is 16.3. The maximum atomic E-state index is 12.7. The van der Waals surface area contributed by atoms with Gasteiger partial charge in [0.1, 0.15) is 5.69 Å². The van der Waals surface area contributed by atoms with E-state index >= 15 is 0 Å². The molecule has 0 bridgehead atoms. The van der Waals surface area contributed by atoms with Crippen LogP contribution in [0.4, 0.5) is 24.0 Å². The average molecular weight is 432 g/mol. The molecule has 30 heavy (non-hydrogen) atoms. The summed E-state index contributed by atoms with van der Waals surface area (Å²) < 4.78 is 39.6. The molecule has 0 fully saturated rings. The highest BCUT2D eigenvalue weighted by atomic mass is 32.1. The molecule has 1 aromatic carbocycles. The topological polar surface area (TPSA) is 84.2 Å². The number of carbonyl (C=O) groups is 1. The zero-order chi connectivity index (χ0) is 21.3. The molecule has 2 N–H and O–H groups in total. The van der Waals surface area contributed by atoms with Crippen molar-refractivity contribution in [2.75, 3.05) is 5.32 Å². The number of aromatic nitrogens is 4. The van der Waals surface area contributed by atoms with E-state index in [0.717, 1.165) is 17.0 Å². The summed E-state index contributed by atoms with van der Waals surface area (Å²) in [5.41, 5.74) is 0.718. The molecule has 0 radical (unpaired) electrons. The Labute approximate surface area is 172 Å².